The summed E-state index contributed by atoms with van der Waals surface area (Å²) in [5.74, 6) is 2.60. The van der Waals surface area contributed by atoms with Gasteiger partial charge in [0.2, 0.25) is 0 Å². The second-order valence-corrected chi connectivity index (χ2v) is 9.62. The molecule has 8 nitrogen and oxygen atoms in total. The lowest BCUT2D eigenvalue weighted by molar-refractivity contribution is 0.136. The Morgan fingerprint density at radius 1 is 1.24 bits per heavy atom. The first-order chi connectivity index (χ1) is 16.0. The van der Waals surface area contributed by atoms with E-state index in [9.17, 15) is 0 Å². The number of aryl methyl sites for hydroxylation is 1. The van der Waals surface area contributed by atoms with Gasteiger partial charge in [-0.3, -0.25) is 15.0 Å². The van der Waals surface area contributed by atoms with Gasteiger partial charge >= 0.3 is 0 Å². The number of nitrogens with one attached hydrogen (secondary N) is 2. The van der Waals surface area contributed by atoms with Gasteiger partial charge in [-0.25, -0.2) is 4.98 Å². The lowest BCUT2D eigenvalue weighted by Crippen LogP contribution is -2.47. The summed E-state index contributed by atoms with van der Waals surface area (Å²) >= 11 is 0. The third-order valence-electron chi connectivity index (χ3n) is 7.00. The molecule has 0 aliphatic carbocycles. The number of nitrogens with zero attached hydrogens (tertiary/aromatic N) is 6. The predicted octanol–water partition coefficient (Wildman–Crippen LogP) is 4.53. The molecule has 2 aliphatic rings. The molecule has 1 unspecified atom stereocenters. The SMILES string of the molecule is Cc1cc(N(c2cc3ncccc3c(NC3C[C@H]4CC[C@@H](C3)N4CCC#N)n2)C(C)C)n[nH]1. The van der Waals surface area contributed by atoms with E-state index >= 15 is 0 Å². The van der Waals surface area contributed by atoms with Crippen LogP contribution in [0.25, 0.3) is 10.9 Å². The molecule has 2 aliphatic heterocycles. The van der Waals surface area contributed by atoms with Crippen LogP contribution in [0.4, 0.5) is 17.5 Å². The van der Waals surface area contributed by atoms with Crippen molar-refractivity contribution in [2.24, 2.45) is 0 Å². The number of piperidine rings is 1. The fourth-order valence-corrected chi connectivity index (χ4v) is 5.60. The number of hydrogen-bond donors (Lipinski definition) is 2. The zero-order chi connectivity index (χ0) is 22.9. The highest BCUT2D eigenvalue weighted by Crippen LogP contribution is 2.38. The van der Waals surface area contributed by atoms with Gasteiger partial charge in [0, 0.05) is 66.5 Å². The van der Waals surface area contributed by atoms with E-state index in [-0.39, 0.29) is 6.04 Å². The van der Waals surface area contributed by atoms with Crippen LogP contribution in [0.1, 0.15) is 51.6 Å². The molecule has 33 heavy (non-hydrogen) atoms. The fraction of sp³-hybridized carbons (Fsp3) is 0.520. The van der Waals surface area contributed by atoms with Crippen molar-refractivity contribution in [1.29, 1.82) is 5.26 Å². The lowest BCUT2D eigenvalue weighted by Gasteiger charge is -2.39. The van der Waals surface area contributed by atoms with E-state index in [1.54, 1.807) is 0 Å². The number of nitriles is 1. The van der Waals surface area contributed by atoms with E-state index < -0.39 is 0 Å². The molecule has 0 radical (unpaired) electrons. The normalized spacial score (nSPS) is 22.6. The summed E-state index contributed by atoms with van der Waals surface area (Å²) in [7, 11) is 0. The minimum absolute atomic E-state index is 0.188. The van der Waals surface area contributed by atoms with Crippen LogP contribution in [0.15, 0.2) is 30.5 Å². The molecule has 2 fully saturated rings. The minimum Gasteiger partial charge on any atom is -0.367 e. The summed E-state index contributed by atoms with van der Waals surface area (Å²) in [5, 5.41) is 21.4. The number of fused-ring (bicyclic) bond motifs is 3. The molecule has 2 bridgehead atoms. The fourth-order valence-electron chi connectivity index (χ4n) is 5.60. The number of rotatable bonds is 7. The Bertz CT molecular complexity index is 1150. The number of hydrogen-bond acceptors (Lipinski definition) is 7. The van der Waals surface area contributed by atoms with Crippen molar-refractivity contribution < 1.29 is 0 Å². The van der Waals surface area contributed by atoms with Crippen LogP contribution in [0.5, 0.6) is 0 Å². The van der Waals surface area contributed by atoms with Crippen LogP contribution in [-0.2, 0) is 0 Å². The molecule has 0 spiro atoms. The summed E-state index contributed by atoms with van der Waals surface area (Å²) < 4.78 is 0. The summed E-state index contributed by atoms with van der Waals surface area (Å²) in [4.78, 5) is 14.5. The molecule has 3 atom stereocenters. The van der Waals surface area contributed by atoms with Crippen molar-refractivity contribution in [1.82, 2.24) is 25.1 Å². The minimum atomic E-state index is 0.188. The quantitative estimate of drug-likeness (QED) is 0.553. The van der Waals surface area contributed by atoms with Crippen molar-refractivity contribution in [2.75, 3.05) is 16.8 Å². The summed E-state index contributed by atoms with van der Waals surface area (Å²) in [6.07, 6.45) is 7.07. The van der Waals surface area contributed by atoms with E-state index in [0.717, 1.165) is 53.4 Å². The molecule has 0 aromatic carbocycles. The van der Waals surface area contributed by atoms with Crippen molar-refractivity contribution >= 4 is 28.4 Å². The van der Waals surface area contributed by atoms with Gasteiger partial charge in [-0.05, 0) is 58.6 Å². The monoisotopic (exact) mass is 444 g/mol. The summed E-state index contributed by atoms with van der Waals surface area (Å²) in [5.41, 5.74) is 1.95. The molecule has 2 N–H and O–H groups in total. The molecule has 0 amide bonds. The summed E-state index contributed by atoms with van der Waals surface area (Å²) in [6, 6.07) is 12.1. The molecule has 8 heteroatoms. The molecule has 172 valence electrons. The second kappa shape index (κ2) is 8.99. The van der Waals surface area contributed by atoms with Crippen molar-refractivity contribution in [2.45, 2.75) is 77.0 Å². The third-order valence-corrected chi connectivity index (χ3v) is 7.00. The largest absolute Gasteiger partial charge is 0.367 e. The van der Waals surface area contributed by atoms with Gasteiger partial charge in [0.05, 0.1) is 11.6 Å². The highest BCUT2D eigenvalue weighted by Gasteiger charge is 2.40. The van der Waals surface area contributed by atoms with Gasteiger partial charge in [-0.2, -0.15) is 10.4 Å². The Morgan fingerprint density at radius 3 is 2.70 bits per heavy atom. The van der Waals surface area contributed by atoms with Crippen LogP contribution in [-0.4, -0.2) is 55.8 Å². The number of pyridine rings is 2. The average molecular weight is 445 g/mol. The van der Waals surface area contributed by atoms with Crippen LogP contribution in [0.2, 0.25) is 0 Å². The number of H-pyrrole nitrogens is 1. The topological polar surface area (TPSA) is 96.8 Å². The molecule has 3 aromatic rings. The van der Waals surface area contributed by atoms with E-state index in [4.69, 9.17) is 10.2 Å². The second-order valence-electron chi connectivity index (χ2n) is 9.62. The first-order valence-electron chi connectivity index (χ1n) is 12.0. The van der Waals surface area contributed by atoms with E-state index in [1.807, 2.05) is 25.3 Å². The Hall–Kier alpha value is -3.18. The van der Waals surface area contributed by atoms with Crippen LogP contribution in [0, 0.1) is 18.3 Å². The first kappa shape index (κ1) is 21.7. The third kappa shape index (κ3) is 4.25. The van der Waals surface area contributed by atoms with Crippen LogP contribution < -0.4 is 10.2 Å². The van der Waals surface area contributed by atoms with E-state index in [2.05, 4.69) is 62.3 Å². The molecule has 5 rings (SSSR count). The van der Waals surface area contributed by atoms with E-state index in [1.165, 1.54) is 12.8 Å². The van der Waals surface area contributed by atoms with E-state index in [0.29, 0.717) is 24.5 Å². The number of aromatic amines is 1. The maximum Gasteiger partial charge on any atom is 0.156 e. The highest BCUT2D eigenvalue weighted by atomic mass is 15.3. The van der Waals surface area contributed by atoms with Gasteiger partial charge < -0.3 is 10.2 Å². The van der Waals surface area contributed by atoms with Crippen LogP contribution in [0.3, 0.4) is 0 Å². The smallest absolute Gasteiger partial charge is 0.156 e. The van der Waals surface area contributed by atoms with Gasteiger partial charge in [0.25, 0.3) is 0 Å². The molecule has 3 aromatic heterocycles. The van der Waals surface area contributed by atoms with Crippen LogP contribution >= 0.6 is 0 Å². The maximum absolute atomic E-state index is 9.02. The average Bonchev–Trinajstić information content (AvgIpc) is 3.31. The standard InChI is InChI=1S/C25H32N8/c1-16(2)33(24-12-17(3)30-31-24)23-15-22-21(6-4-10-27-22)25(29-23)28-18-13-19-7-8-20(14-18)32(19)11-5-9-26/h4,6,10,12,15-16,18-20H,5,7-8,11,13-14H2,1-3H3,(H,28,29)(H,30,31)/t18?,19-,20+. The zero-order valence-electron chi connectivity index (χ0n) is 19.6. The first-order valence-corrected chi connectivity index (χ1v) is 12.0. The molecular formula is C25H32N8. The number of anilines is 3. The van der Waals surface area contributed by atoms with Crippen molar-refractivity contribution in [3.05, 3.63) is 36.2 Å². The summed E-state index contributed by atoms with van der Waals surface area (Å²) in [6.45, 7) is 7.20. The Labute approximate surface area is 195 Å². The Morgan fingerprint density at radius 2 is 2.03 bits per heavy atom. The molecular weight excluding hydrogens is 412 g/mol. The van der Waals surface area contributed by atoms with Gasteiger partial charge in [-0.15, -0.1) is 0 Å². The van der Waals surface area contributed by atoms with Crippen molar-refractivity contribution in [3.63, 3.8) is 0 Å². The number of aromatic nitrogens is 4. The van der Waals surface area contributed by atoms with Crippen molar-refractivity contribution in [3.8, 4) is 6.07 Å². The zero-order valence-corrected chi connectivity index (χ0v) is 19.6. The van der Waals surface area contributed by atoms with Gasteiger partial charge in [0.15, 0.2) is 5.82 Å². The highest BCUT2D eigenvalue weighted by molar-refractivity contribution is 5.91. The maximum atomic E-state index is 9.02. The van der Waals surface area contributed by atoms with Gasteiger partial charge in [0.1, 0.15) is 11.6 Å². The Balaban J connectivity index is 1.46. The molecule has 5 heterocycles. The lowest BCUT2D eigenvalue weighted by atomic mass is 9.97. The predicted molar refractivity (Wildman–Crippen MR) is 131 cm³/mol. The Kier molecular flexibility index (Phi) is 5.90. The van der Waals surface area contributed by atoms with Gasteiger partial charge in [-0.1, -0.05) is 0 Å². The molecule has 2 saturated heterocycles. The molecule has 0 saturated carbocycles.